The van der Waals surface area contributed by atoms with E-state index in [4.69, 9.17) is 0 Å². The Bertz CT molecular complexity index is 751. The maximum atomic E-state index is 12.7. The number of hydrogen-bond acceptors (Lipinski definition) is 6. The van der Waals surface area contributed by atoms with Crippen LogP contribution in [0, 0.1) is 10.1 Å². The molecule has 26 heavy (non-hydrogen) atoms. The Morgan fingerprint density at radius 2 is 2.00 bits per heavy atom. The third-order valence-electron chi connectivity index (χ3n) is 4.67. The second-order valence-electron chi connectivity index (χ2n) is 6.27. The van der Waals surface area contributed by atoms with Gasteiger partial charge in [0.05, 0.1) is 18.2 Å². The molecule has 0 N–H and O–H groups in total. The van der Waals surface area contributed by atoms with Crippen LogP contribution in [0.3, 0.4) is 0 Å². The molecule has 1 aliphatic rings. The Morgan fingerprint density at radius 3 is 2.54 bits per heavy atom. The topological polar surface area (TPSA) is 112 Å². The normalized spacial score (nSPS) is 14.7. The summed E-state index contributed by atoms with van der Waals surface area (Å²) in [6.07, 6.45) is 6.07. The second kappa shape index (κ2) is 8.59. The van der Waals surface area contributed by atoms with Crippen molar-refractivity contribution in [2.24, 2.45) is 0 Å². The quantitative estimate of drug-likeness (QED) is 0.431. The average Bonchev–Trinajstić information content (AvgIpc) is 2.64. The average molecular weight is 365 g/mol. The van der Waals surface area contributed by atoms with E-state index >= 15 is 0 Å². The van der Waals surface area contributed by atoms with Crippen LogP contribution in [0.2, 0.25) is 0 Å². The number of carbonyl (C=O) groups excluding carboxylic acids is 2. The van der Waals surface area contributed by atoms with Crippen molar-refractivity contribution in [3.05, 3.63) is 38.3 Å². The molecule has 2 rings (SSSR count). The molecule has 0 aliphatic heterocycles. The molecule has 0 atom stereocenters. The minimum Gasteiger partial charge on any atom is -0.465 e. The van der Waals surface area contributed by atoms with E-state index < -0.39 is 27.7 Å². The van der Waals surface area contributed by atoms with Crippen LogP contribution < -0.4 is 5.56 Å². The smallest absolute Gasteiger partial charge is 0.343 e. The van der Waals surface area contributed by atoms with Crippen molar-refractivity contribution in [2.75, 3.05) is 13.7 Å². The zero-order valence-electron chi connectivity index (χ0n) is 15.0. The maximum Gasteiger partial charge on any atom is 0.343 e. The molecule has 0 unspecified atom stereocenters. The maximum absolute atomic E-state index is 12.7. The van der Waals surface area contributed by atoms with Gasteiger partial charge in [0.1, 0.15) is 12.1 Å². The first-order chi connectivity index (χ1) is 12.4. The van der Waals surface area contributed by atoms with Crippen molar-refractivity contribution in [2.45, 2.75) is 51.6 Å². The molecule has 0 radical (unpaired) electrons. The van der Waals surface area contributed by atoms with Gasteiger partial charge in [0, 0.05) is 18.7 Å². The fourth-order valence-corrected chi connectivity index (χ4v) is 3.36. The number of hydrogen-bond donors (Lipinski definition) is 0. The molecule has 1 aromatic heterocycles. The second-order valence-corrected chi connectivity index (χ2v) is 6.27. The van der Waals surface area contributed by atoms with Crippen LogP contribution in [-0.2, 0) is 16.1 Å². The first kappa shape index (κ1) is 19.6. The van der Waals surface area contributed by atoms with Crippen LogP contribution in [0.15, 0.2) is 17.1 Å². The number of amides is 1. The molecule has 142 valence electrons. The van der Waals surface area contributed by atoms with Crippen LogP contribution >= 0.6 is 0 Å². The molecule has 1 amide bonds. The lowest BCUT2D eigenvalue weighted by Gasteiger charge is -2.33. The predicted octanol–water partition coefficient (Wildman–Crippen LogP) is 1.72. The Hall–Kier alpha value is -2.71. The lowest BCUT2D eigenvalue weighted by atomic mass is 9.94. The minimum atomic E-state index is -0.973. The van der Waals surface area contributed by atoms with Crippen LogP contribution in [0.1, 0.15) is 49.4 Å². The summed E-state index contributed by atoms with van der Waals surface area (Å²) in [5.74, 6) is -1.27. The molecular weight excluding hydrogens is 342 g/mol. The van der Waals surface area contributed by atoms with Crippen molar-refractivity contribution in [3.8, 4) is 0 Å². The zero-order chi connectivity index (χ0) is 19.3. The van der Waals surface area contributed by atoms with Gasteiger partial charge in [-0.3, -0.25) is 24.3 Å². The zero-order valence-corrected chi connectivity index (χ0v) is 15.0. The molecule has 1 aliphatic carbocycles. The summed E-state index contributed by atoms with van der Waals surface area (Å²) in [5, 5.41) is 11.1. The Balaban J connectivity index is 2.33. The summed E-state index contributed by atoms with van der Waals surface area (Å²) >= 11 is 0. The van der Waals surface area contributed by atoms with E-state index in [2.05, 4.69) is 4.74 Å². The highest BCUT2D eigenvalue weighted by Gasteiger charge is 2.26. The standard InChI is InChI=1S/C17H23N3O6/c1-3-19(12-7-5-4-6-8-12)15(21)11-18-10-13(20(24)25)9-14(16(18)22)17(23)26-2/h9-10,12H,3-8,11H2,1-2H3. The van der Waals surface area contributed by atoms with E-state index in [1.54, 1.807) is 4.90 Å². The molecular formula is C17H23N3O6. The lowest BCUT2D eigenvalue weighted by Crippen LogP contribution is -2.44. The minimum absolute atomic E-state index is 0.121. The van der Waals surface area contributed by atoms with Crippen LogP contribution in [0.5, 0.6) is 0 Å². The Morgan fingerprint density at radius 1 is 1.35 bits per heavy atom. The van der Waals surface area contributed by atoms with Gasteiger partial charge in [-0.25, -0.2) is 4.79 Å². The van der Waals surface area contributed by atoms with Crippen molar-refractivity contribution in [3.63, 3.8) is 0 Å². The monoisotopic (exact) mass is 365 g/mol. The van der Waals surface area contributed by atoms with Crippen molar-refractivity contribution >= 4 is 17.6 Å². The highest BCUT2D eigenvalue weighted by molar-refractivity contribution is 5.89. The highest BCUT2D eigenvalue weighted by atomic mass is 16.6. The SMILES string of the molecule is CCN(C(=O)Cn1cc([N+](=O)[O-])cc(C(=O)OC)c1=O)C1CCCCC1. The number of pyridine rings is 1. The van der Waals surface area contributed by atoms with Crippen molar-refractivity contribution in [1.29, 1.82) is 0 Å². The summed E-state index contributed by atoms with van der Waals surface area (Å²) in [6.45, 7) is 2.01. The van der Waals surface area contributed by atoms with Gasteiger partial charge < -0.3 is 9.64 Å². The molecule has 1 heterocycles. The number of nitro groups is 1. The van der Waals surface area contributed by atoms with Crippen molar-refractivity contribution in [1.82, 2.24) is 9.47 Å². The highest BCUT2D eigenvalue weighted by Crippen LogP contribution is 2.23. The number of ether oxygens (including phenoxy) is 1. The van der Waals surface area contributed by atoms with E-state index in [1.165, 1.54) is 0 Å². The molecule has 9 heteroatoms. The van der Waals surface area contributed by atoms with Crippen LogP contribution in [0.4, 0.5) is 5.69 Å². The Labute approximate surface area is 150 Å². The summed E-state index contributed by atoms with van der Waals surface area (Å²) in [7, 11) is 1.08. The van der Waals surface area contributed by atoms with Crippen molar-refractivity contribution < 1.29 is 19.2 Å². The van der Waals surface area contributed by atoms with Gasteiger partial charge in [-0.1, -0.05) is 19.3 Å². The number of likely N-dealkylation sites (N-methyl/N-ethyl adjacent to an activating group) is 1. The molecule has 1 fully saturated rings. The molecule has 1 aromatic rings. The van der Waals surface area contributed by atoms with Gasteiger partial charge >= 0.3 is 5.97 Å². The number of carbonyl (C=O) groups is 2. The third kappa shape index (κ3) is 4.27. The number of aromatic nitrogens is 1. The van der Waals surface area contributed by atoms with E-state index in [0.717, 1.165) is 56.0 Å². The molecule has 1 saturated carbocycles. The van der Waals surface area contributed by atoms with Crippen LogP contribution in [-0.4, -0.2) is 46.0 Å². The fraction of sp³-hybridized carbons (Fsp3) is 0.588. The molecule has 9 nitrogen and oxygen atoms in total. The fourth-order valence-electron chi connectivity index (χ4n) is 3.36. The third-order valence-corrected chi connectivity index (χ3v) is 4.67. The first-order valence-electron chi connectivity index (χ1n) is 8.65. The largest absolute Gasteiger partial charge is 0.465 e. The molecule has 0 aromatic carbocycles. The number of rotatable bonds is 6. The van der Waals surface area contributed by atoms with Gasteiger partial charge in [-0.05, 0) is 19.8 Å². The Kier molecular flexibility index (Phi) is 6.48. The van der Waals surface area contributed by atoms with Crippen LogP contribution in [0.25, 0.3) is 0 Å². The van der Waals surface area contributed by atoms with E-state index in [0.29, 0.717) is 6.54 Å². The first-order valence-corrected chi connectivity index (χ1v) is 8.65. The molecule has 0 saturated heterocycles. The summed E-state index contributed by atoms with van der Waals surface area (Å²) < 4.78 is 5.42. The van der Waals surface area contributed by atoms with Gasteiger partial charge in [0.15, 0.2) is 0 Å². The van der Waals surface area contributed by atoms with Gasteiger partial charge in [0.25, 0.3) is 11.2 Å². The van der Waals surface area contributed by atoms with Gasteiger partial charge in [-0.2, -0.15) is 0 Å². The molecule has 0 spiro atoms. The van der Waals surface area contributed by atoms with E-state index in [9.17, 15) is 24.5 Å². The number of nitrogens with zero attached hydrogens (tertiary/aromatic N) is 3. The number of methoxy groups -OCH3 is 1. The van der Waals surface area contributed by atoms with E-state index in [1.807, 2.05) is 6.92 Å². The summed E-state index contributed by atoms with van der Waals surface area (Å²) in [5.41, 5.74) is -1.69. The van der Waals surface area contributed by atoms with E-state index in [-0.39, 0.29) is 18.5 Å². The van der Waals surface area contributed by atoms with Gasteiger partial charge in [0.2, 0.25) is 5.91 Å². The lowest BCUT2D eigenvalue weighted by molar-refractivity contribution is -0.385. The summed E-state index contributed by atoms with van der Waals surface area (Å²) in [6, 6.07) is 0.990. The molecule has 0 bridgehead atoms. The predicted molar refractivity (Wildman–Crippen MR) is 93.0 cm³/mol. The summed E-state index contributed by atoms with van der Waals surface area (Å²) in [4.78, 5) is 49.0. The number of esters is 1. The van der Waals surface area contributed by atoms with Gasteiger partial charge in [-0.15, -0.1) is 0 Å².